The normalized spacial score (nSPS) is 11.1. The summed E-state index contributed by atoms with van der Waals surface area (Å²) in [5.74, 6) is 1.55. The maximum atomic E-state index is 5.77. The van der Waals surface area contributed by atoms with Crippen molar-refractivity contribution in [1.29, 1.82) is 0 Å². The summed E-state index contributed by atoms with van der Waals surface area (Å²) in [5.41, 5.74) is 2.21. The molecule has 4 rings (SSSR count). The molecule has 0 aliphatic carbocycles. The lowest BCUT2D eigenvalue weighted by Gasteiger charge is -2.03. The van der Waals surface area contributed by atoms with E-state index in [1.165, 1.54) is 16.9 Å². The number of hydrogen-bond donors (Lipinski definition) is 0. The van der Waals surface area contributed by atoms with Gasteiger partial charge in [0.05, 0.1) is 0 Å². The van der Waals surface area contributed by atoms with Crippen molar-refractivity contribution >= 4 is 32.2 Å². The van der Waals surface area contributed by atoms with Crippen molar-refractivity contribution < 1.29 is 4.74 Å². The van der Waals surface area contributed by atoms with Crippen LogP contribution in [0.15, 0.2) is 53.0 Å². The Bertz CT molecular complexity index is 976. The standard InChI is InChI=1S/C17H13BrN4OS/c1-11-2-4-12(5-3-11)16-19-20-17-22(16)21-15(24-17)10-23-14-8-6-13(18)7-9-14/h2-9H,10H2,1H3. The van der Waals surface area contributed by atoms with Crippen LogP contribution >= 0.6 is 27.3 Å². The first-order valence-electron chi connectivity index (χ1n) is 7.35. The molecule has 0 spiro atoms. The smallest absolute Gasteiger partial charge is 0.235 e. The molecule has 7 heteroatoms. The number of hydrogen-bond acceptors (Lipinski definition) is 5. The lowest BCUT2D eigenvalue weighted by Crippen LogP contribution is -1.97. The summed E-state index contributed by atoms with van der Waals surface area (Å²) in [5, 5.41) is 13.9. The Balaban J connectivity index is 1.57. The molecule has 120 valence electrons. The molecule has 0 N–H and O–H groups in total. The molecule has 2 aromatic heterocycles. The Morgan fingerprint density at radius 2 is 1.79 bits per heavy atom. The quantitative estimate of drug-likeness (QED) is 0.505. The van der Waals surface area contributed by atoms with Crippen LogP contribution in [-0.4, -0.2) is 19.8 Å². The first-order chi connectivity index (χ1) is 11.7. The van der Waals surface area contributed by atoms with E-state index in [9.17, 15) is 0 Å². The second-order valence-corrected chi connectivity index (χ2v) is 7.28. The second-order valence-electron chi connectivity index (χ2n) is 5.32. The van der Waals surface area contributed by atoms with Gasteiger partial charge in [0, 0.05) is 10.0 Å². The van der Waals surface area contributed by atoms with Gasteiger partial charge in [-0.15, -0.1) is 10.2 Å². The predicted octanol–water partition coefficient (Wildman–Crippen LogP) is 4.50. The zero-order valence-electron chi connectivity index (χ0n) is 12.8. The number of benzene rings is 2. The number of fused-ring (bicyclic) bond motifs is 1. The highest BCUT2D eigenvalue weighted by Gasteiger charge is 2.13. The number of halogens is 1. The minimum absolute atomic E-state index is 0.406. The first-order valence-corrected chi connectivity index (χ1v) is 8.96. The molecule has 0 fully saturated rings. The first kappa shape index (κ1) is 15.3. The number of nitrogens with zero attached hydrogens (tertiary/aromatic N) is 4. The topological polar surface area (TPSA) is 52.3 Å². The van der Waals surface area contributed by atoms with Gasteiger partial charge in [0.1, 0.15) is 12.4 Å². The van der Waals surface area contributed by atoms with Crippen molar-refractivity contribution in [2.24, 2.45) is 0 Å². The third-order valence-corrected chi connectivity index (χ3v) is 4.92. The van der Waals surface area contributed by atoms with Crippen LogP contribution in [0.4, 0.5) is 0 Å². The average Bonchev–Trinajstić information content (AvgIpc) is 3.15. The summed E-state index contributed by atoms with van der Waals surface area (Å²) in [7, 11) is 0. The summed E-state index contributed by atoms with van der Waals surface area (Å²) in [4.78, 5) is 0.764. The molecule has 5 nitrogen and oxygen atoms in total. The van der Waals surface area contributed by atoms with Gasteiger partial charge in [0.25, 0.3) is 0 Å². The zero-order valence-corrected chi connectivity index (χ0v) is 15.2. The van der Waals surface area contributed by atoms with Crippen molar-refractivity contribution in [1.82, 2.24) is 19.8 Å². The van der Waals surface area contributed by atoms with E-state index < -0.39 is 0 Å². The summed E-state index contributed by atoms with van der Waals surface area (Å²) >= 11 is 4.89. The Labute approximate surface area is 151 Å². The van der Waals surface area contributed by atoms with Crippen molar-refractivity contribution in [3.63, 3.8) is 0 Å². The molecule has 0 atom stereocenters. The predicted molar refractivity (Wildman–Crippen MR) is 97.3 cm³/mol. The summed E-state index contributed by atoms with van der Waals surface area (Å²) < 4.78 is 8.57. The van der Waals surface area contributed by atoms with Crippen molar-refractivity contribution in [2.45, 2.75) is 13.5 Å². The number of aromatic nitrogens is 4. The maximum Gasteiger partial charge on any atom is 0.235 e. The average molecular weight is 401 g/mol. The van der Waals surface area contributed by atoms with Crippen molar-refractivity contribution in [3.05, 3.63) is 63.6 Å². The molecule has 2 heterocycles. The van der Waals surface area contributed by atoms with Gasteiger partial charge in [-0.05, 0) is 31.2 Å². The van der Waals surface area contributed by atoms with E-state index in [2.05, 4.69) is 50.3 Å². The van der Waals surface area contributed by atoms with Gasteiger partial charge < -0.3 is 4.74 Å². The molecule has 0 aliphatic heterocycles. The van der Waals surface area contributed by atoms with Crippen LogP contribution in [0, 0.1) is 6.92 Å². The maximum absolute atomic E-state index is 5.77. The fourth-order valence-corrected chi connectivity index (χ4v) is 3.28. The van der Waals surface area contributed by atoms with Gasteiger partial charge in [-0.25, -0.2) is 0 Å². The van der Waals surface area contributed by atoms with Crippen LogP contribution in [0.2, 0.25) is 0 Å². The Kier molecular flexibility index (Phi) is 4.03. The molecular weight excluding hydrogens is 388 g/mol. The molecule has 0 radical (unpaired) electrons. The van der Waals surface area contributed by atoms with E-state index in [0.717, 1.165) is 31.6 Å². The third-order valence-electron chi connectivity index (χ3n) is 3.52. The number of aryl methyl sites for hydroxylation is 1. The largest absolute Gasteiger partial charge is 0.486 e. The van der Waals surface area contributed by atoms with Gasteiger partial charge in [-0.3, -0.25) is 0 Å². The zero-order chi connectivity index (χ0) is 16.5. The van der Waals surface area contributed by atoms with Gasteiger partial charge in [0.15, 0.2) is 10.8 Å². The molecule has 0 saturated heterocycles. The number of rotatable bonds is 4. The molecule has 0 amide bonds. The van der Waals surface area contributed by atoms with E-state index in [1.807, 2.05) is 36.4 Å². The molecule has 24 heavy (non-hydrogen) atoms. The summed E-state index contributed by atoms with van der Waals surface area (Å²) in [6.07, 6.45) is 0. The van der Waals surface area contributed by atoms with Crippen molar-refractivity contribution in [2.75, 3.05) is 0 Å². The fourth-order valence-electron chi connectivity index (χ4n) is 2.27. The molecule has 2 aromatic carbocycles. The third kappa shape index (κ3) is 3.05. The second kappa shape index (κ2) is 6.33. The highest BCUT2D eigenvalue weighted by Crippen LogP contribution is 2.23. The van der Waals surface area contributed by atoms with Crippen LogP contribution in [0.3, 0.4) is 0 Å². The Hall–Kier alpha value is -2.25. The van der Waals surface area contributed by atoms with Crippen LogP contribution in [0.1, 0.15) is 10.6 Å². The number of ether oxygens (including phenoxy) is 1. The lowest BCUT2D eigenvalue weighted by molar-refractivity contribution is 0.304. The molecule has 0 aliphatic rings. The van der Waals surface area contributed by atoms with E-state index in [-0.39, 0.29) is 0 Å². The molecular formula is C17H13BrN4OS. The molecule has 0 unspecified atom stereocenters. The van der Waals surface area contributed by atoms with Crippen molar-refractivity contribution in [3.8, 4) is 17.1 Å². The van der Waals surface area contributed by atoms with Crippen LogP contribution < -0.4 is 4.74 Å². The fraction of sp³-hybridized carbons (Fsp3) is 0.118. The van der Waals surface area contributed by atoms with Gasteiger partial charge >= 0.3 is 0 Å². The molecule has 0 saturated carbocycles. The minimum atomic E-state index is 0.406. The SMILES string of the molecule is Cc1ccc(-c2nnc3sc(COc4ccc(Br)cc4)nn23)cc1. The van der Waals surface area contributed by atoms with Crippen LogP contribution in [-0.2, 0) is 6.61 Å². The minimum Gasteiger partial charge on any atom is -0.486 e. The van der Waals surface area contributed by atoms with E-state index >= 15 is 0 Å². The Morgan fingerprint density at radius 1 is 1.04 bits per heavy atom. The molecule has 4 aromatic rings. The monoisotopic (exact) mass is 400 g/mol. The van der Waals surface area contributed by atoms with Gasteiger partial charge in [0.2, 0.25) is 4.96 Å². The Morgan fingerprint density at radius 3 is 2.54 bits per heavy atom. The van der Waals surface area contributed by atoms with Crippen LogP contribution in [0.5, 0.6) is 5.75 Å². The van der Waals surface area contributed by atoms with Gasteiger partial charge in [-0.2, -0.15) is 9.61 Å². The van der Waals surface area contributed by atoms with E-state index in [1.54, 1.807) is 4.52 Å². The van der Waals surface area contributed by atoms with E-state index in [4.69, 9.17) is 4.74 Å². The highest BCUT2D eigenvalue weighted by atomic mass is 79.9. The van der Waals surface area contributed by atoms with Gasteiger partial charge in [-0.1, -0.05) is 57.1 Å². The van der Waals surface area contributed by atoms with E-state index in [0.29, 0.717) is 6.61 Å². The summed E-state index contributed by atoms with van der Waals surface area (Å²) in [6.45, 7) is 2.46. The summed E-state index contributed by atoms with van der Waals surface area (Å²) in [6, 6.07) is 15.9. The molecule has 0 bridgehead atoms. The van der Waals surface area contributed by atoms with Crippen LogP contribution in [0.25, 0.3) is 16.3 Å². The highest BCUT2D eigenvalue weighted by molar-refractivity contribution is 9.10. The lowest BCUT2D eigenvalue weighted by atomic mass is 10.1.